The Morgan fingerprint density at radius 3 is 1.40 bits per heavy atom. The molecule has 1 rings (SSSR count). The number of hydrogen-bond donors (Lipinski definition) is 1. The average Bonchev–Trinajstić information content (AvgIpc) is 2.89. The molecule has 47 heavy (non-hydrogen) atoms. The first-order chi connectivity index (χ1) is 20.8. The second-order valence-electron chi connectivity index (χ2n) is 13.5. The minimum atomic E-state index is -6.11. The molecule has 282 valence electrons. The number of rotatable bonds is 16. The first kappa shape index (κ1) is 43.9. The Morgan fingerprint density at radius 2 is 1.09 bits per heavy atom. The van der Waals surface area contributed by atoms with Crippen LogP contribution in [0, 0.1) is 5.41 Å². The molecule has 0 spiro atoms. The van der Waals surface area contributed by atoms with Gasteiger partial charge in [0.05, 0.1) is 44.1 Å². The maximum Gasteiger partial charge on any atom is 0.426 e. The maximum absolute atomic E-state index is 13.8. The summed E-state index contributed by atoms with van der Waals surface area (Å²) in [5.74, 6) is 0. The van der Waals surface area contributed by atoms with Gasteiger partial charge >= 0.3 is 24.7 Å². The molecule has 1 aliphatic heterocycles. The molecule has 1 fully saturated rings. The van der Waals surface area contributed by atoms with Gasteiger partial charge in [-0.2, -0.15) is 57.7 Å². The molecule has 0 aromatic heterocycles. The SMILES string of the molecule is CCC(CCOC)OCC(COC1CC(C)(C)N(O)C(C)(C)C1)(COC(C)(C(F)(F)F)C(F)(F)F)COC(C)(C(F)(F)F)C(F)(F)F. The minimum Gasteiger partial charge on any atom is -0.385 e. The fourth-order valence-corrected chi connectivity index (χ4v) is 5.03. The largest absolute Gasteiger partial charge is 0.426 e. The van der Waals surface area contributed by atoms with Gasteiger partial charge in [0.25, 0.3) is 11.2 Å². The molecule has 0 aromatic carbocycles. The molecular formula is C28H45F12NO6. The van der Waals surface area contributed by atoms with Crippen LogP contribution in [-0.2, 0) is 23.7 Å². The summed E-state index contributed by atoms with van der Waals surface area (Å²) in [5.41, 5.74) is -14.4. The van der Waals surface area contributed by atoms with Crippen LogP contribution >= 0.6 is 0 Å². The van der Waals surface area contributed by atoms with Crippen LogP contribution in [0.5, 0.6) is 0 Å². The van der Waals surface area contributed by atoms with Crippen LogP contribution in [0.1, 0.15) is 74.1 Å². The lowest BCUT2D eigenvalue weighted by Gasteiger charge is -2.51. The summed E-state index contributed by atoms with van der Waals surface area (Å²) in [4.78, 5) is 0. The van der Waals surface area contributed by atoms with E-state index in [1.807, 2.05) is 0 Å². The highest BCUT2D eigenvalue weighted by Gasteiger charge is 2.71. The van der Waals surface area contributed by atoms with Gasteiger partial charge in [0.1, 0.15) is 0 Å². The van der Waals surface area contributed by atoms with E-state index in [9.17, 15) is 57.9 Å². The Kier molecular flexibility index (Phi) is 14.0. The second kappa shape index (κ2) is 15.0. The number of methoxy groups -OCH3 is 1. The standard InChI is InChI=1S/C28H45F12NO6/c1-9-18(10-11-43-8)44-14-24(16-46-22(6,25(29,30)31)26(32,33)34,17-47-23(7,27(35,36)37)28(38,39)40)15-45-19-12-20(2,3)41(42)21(4,5)13-19/h18-19,42H,9-17H2,1-8H3. The van der Waals surface area contributed by atoms with E-state index < -0.39 is 91.0 Å². The van der Waals surface area contributed by atoms with E-state index in [2.05, 4.69) is 9.47 Å². The molecule has 1 heterocycles. The van der Waals surface area contributed by atoms with Crippen molar-refractivity contribution in [2.75, 3.05) is 40.1 Å². The van der Waals surface area contributed by atoms with Crippen LogP contribution < -0.4 is 0 Å². The summed E-state index contributed by atoms with van der Waals surface area (Å²) < 4.78 is 191. The predicted octanol–water partition coefficient (Wildman–Crippen LogP) is 8.03. The van der Waals surface area contributed by atoms with Crippen LogP contribution in [0.25, 0.3) is 0 Å². The molecule has 0 radical (unpaired) electrons. The fourth-order valence-electron chi connectivity index (χ4n) is 5.03. The highest BCUT2D eigenvalue weighted by molar-refractivity contribution is 4.99. The molecule has 0 aliphatic carbocycles. The Hall–Kier alpha value is -1.12. The van der Waals surface area contributed by atoms with Gasteiger partial charge in [-0.25, -0.2) is 0 Å². The number of hydrogen-bond acceptors (Lipinski definition) is 7. The number of hydroxylamine groups is 2. The van der Waals surface area contributed by atoms with Crippen LogP contribution in [-0.4, -0.2) is 110 Å². The summed E-state index contributed by atoms with van der Waals surface area (Å²) in [5, 5.41) is 11.6. The van der Waals surface area contributed by atoms with E-state index >= 15 is 0 Å². The van der Waals surface area contributed by atoms with Gasteiger partial charge in [0.2, 0.25) is 0 Å². The van der Waals surface area contributed by atoms with Crippen molar-refractivity contribution >= 4 is 0 Å². The van der Waals surface area contributed by atoms with Gasteiger partial charge in [0.15, 0.2) is 0 Å². The van der Waals surface area contributed by atoms with Crippen molar-refractivity contribution in [3.05, 3.63) is 0 Å². The molecule has 0 saturated carbocycles. The maximum atomic E-state index is 13.8. The molecule has 7 nitrogen and oxygen atoms in total. The second-order valence-corrected chi connectivity index (χ2v) is 13.5. The Morgan fingerprint density at radius 1 is 0.702 bits per heavy atom. The topological polar surface area (TPSA) is 69.6 Å². The quantitative estimate of drug-likeness (QED) is 0.162. The minimum absolute atomic E-state index is 0.00262. The third-order valence-electron chi connectivity index (χ3n) is 8.45. The van der Waals surface area contributed by atoms with Gasteiger partial charge < -0.3 is 28.9 Å². The van der Waals surface area contributed by atoms with Crippen LogP contribution in [0.4, 0.5) is 52.7 Å². The third kappa shape index (κ3) is 10.4. The smallest absolute Gasteiger partial charge is 0.385 e. The highest BCUT2D eigenvalue weighted by atomic mass is 19.4. The number of ether oxygens (including phenoxy) is 5. The zero-order valence-corrected chi connectivity index (χ0v) is 27.5. The van der Waals surface area contributed by atoms with Crippen molar-refractivity contribution in [3.8, 4) is 0 Å². The van der Waals surface area contributed by atoms with Gasteiger partial charge in [-0.3, -0.25) is 0 Å². The van der Waals surface area contributed by atoms with Crippen LogP contribution in [0.3, 0.4) is 0 Å². The lowest BCUT2D eigenvalue weighted by Crippen LogP contribution is -2.62. The number of alkyl halides is 12. The predicted molar refractivity (Wildman–Crippen MR) is 143 cm³/mol. The molecule has 19 heteroatoms. The summed E-state index contributed by atoms with van der Waals surface area (Å²) in [7, 11) is 1.32. The van der Waals surface area contributed by atoms with Gasteiger partial charge in [0, 0.05) is 24.8 Å². The monoisotopic (exact) mass is 719 g/mol. The molecule has 1 unspecified atom stereocenters. The van der Waals surface area contributed by atoms with E-state index in [4.69, 9.17) is 14.2 Å². The first-order valence-corrected chi connectivity index (χ1v) is 14.6. The van der Waals surface area contributed by atoms with Gasteiger partial charge in [-0.05, 0) is 67.2 Å². The molecule has 1 N–H and O–H groups in total. The van der Waals surface area contributed by atoms with Crippen molar-refractivity contribution in [3.63, 3.8) is 0 Å². The molecule has 0 amide bonds. The van der Waals surface area contributed by atoms with E-state index in [1.165, 1.54) is 7.11 Å². The Bertz CT molecular complexity index is 893. The van der Waals surface area contributed by atoms with E-state index in [0.29, 0.717) is 0 Å². The Labute approximate surface area is 266 Å². The van der Waals surface area contributed by atoms with Crippen molar-refractivity contribution < 1.29 is 81.6 Å². The zero-order chi connectivity index (χ0) is 37.1. The summed E-state index contributed by atoms with van der Waals surface area (Å²) in [6.45, 7) is 1.70. The lowest BCUT2D eigenvalue weighted by molar-refractivity contribution is -0.390. The highest BCUT2D eigenvalue weighted by Crippen LogP contribution is 2.49. The van der Waals surface area contributed by atoms with E-state index in [0.717, 1.165) is 5.06 Å². The molecule has 1 atom stereocenters. The average molecular weight is 720 g/mol. The zero-order valence-electron chi connectivity index (χ0n) is 27.5. The lowest BCUT2D eigenvalue weighted by atomic mass is 9.80. The van der Waals surface area contributed by atoms with Crippen molar-refractivity contribution in [1.82, 2.24) is 5.06 Å². The van der Waals surface area contributed by atoms with Crippen LogP contribution in [0.15, 0.2) is 0 Å². The fraction of sp³-hybridized carbons (Fsp3) is 1.00. The molecule has 0 aromatic rings. The number of piperidine rings is 1. The summed E-state index contributed by atoms with van der Waals surface area (Å²) in [6.07, 6.45) is -25.9. The molecule has 0 bridgehead atoms. The summed E-state index contributed by atoms with van der Waals surface area (Å²) in [6, 6.07) is 0. The molecular weight excluding hydrogens is 674 g/mol. The van der Waals surface area contributed by atoms with Crippen molar-refractivity contribution in [2.24, 2.45) is 5.41 Å². The third-order valence-corrected chi connectivity index (χ3v) is 8.45. The molecule has 1 saturated heterocycles. The molecule has 1 aliphatic rings. The Balaban J connectivity index is 3.76. The first-order valence-electron chi connectivity index (χ1n) is 14.6. The normalized spacial score (nSPS) is 20.1. The van der Waals surface area contributed by atoms with E-state index in [-0.39, 0.29) is 46.1 Å². The van der Waals surface area contributed by atoms with Gasteiger partial charge in [-0.15, -0.1) is 0 Å². The summed E-state index contributed by atoms with van der Waals surface area (Å²) >= 11 is 0. The van der Waals surface area contributed by atoms with Crippen LogP contribution in [0.2, 0.25) is 0 Å². The van der Waals surface area contributed by atoms with Gasteiger partial charge in [-0.1, -0.05) is 6.92 Å². The number of halogens is 12. The van der Waals surface area contributed by atoms with E-state index in [1.54, 1.807) is 34.6 Å². The van der Waals surface area contributed by atoms with Crippen molar-refractivity contribution in [2.45, 2.75) is 133 Å². The van der Waals surface area contributed by atoms with Crippen molar-refractivity contribution in [1.29, 1.82) is 0 Å². The number of nitrogens with zero attached hydrogens (tertiary/aromatic N) is 1.